The van der Waals surface area contributed by atoms with Crippen molar-refractivity contribution in [1.29, 1.82) is 0 Å². The van der Waals surface area contributed by atoms with Crippen LogP contribution in [0, 0.1) is 6.92 Å². The van der Waals surface area contributed by atoms with Gasteiger partial charge in [0.25, 0.3) is 0 Å². The summed E-state index contributed by atoms with van der Waals surface area (Å²) in [5, 5.41) is 6.58. The van der Waals surface area contributed by atoms with Gasteiger partial charge in [0, 0.05) is 12.5 Å². The second-order valence-corrected chi connectivity index (χ2v) is 3.52. The highest BCUT2D eigenvalue weighted by atomic mass is 16.5. The topological polar surface area (TPSA) is 55.1 Å². The predicted octanol–water partition coefficient (Wildman–Crippen LogP) is 2.61. The fraction of sp³-hybridized carbons (Fsp3) is 0.167. The number of anilines is 1. The zero-order chi connectivity index (χ0) is 11.5. The number of amides is 1. The third-order valence-electron chi connectivity index (χ3n) is 2.20. The van der Waals surface area contributed by atoms with Crippen molar-refractivity contribution in [3.63, 3.8) is 0 Å². The van der Waals surface area contributed by atoms with Crippen molar-refractivity contribution in [3.8, 4) is 11.3 Å². The molecule has 1 heterocycles. The Labute approximate surface area is 93.3 Å². The Morgan fingerprint density at radius 2 is 2.00 bits per heavy atom. The maximum Gasteiger partial charge on any atom is 0.221 e. The largest absolute Gasteiger partial charge is 0.354 e. The van der Waals surface area contributed by atoms with Gasteiger partial charge in [0.15, 0.2) is 5.76 Å². The van der Waals surface area contributed by atoms with Gasteiger partial charge in [-0.3, -0.25) is 4.79 Å². The van der Waals surface area contributed by atoms with Gasteiger partial charge >= 0.3 is 0 Å². The molecular weight excluding hydrogens is 204 g/mol. The zero-order valence-corrected chi connectivity index (χ0v) is 9.15. The minimum atomic E-state index is -0.136. The molecule has 0 saturated heterocycles. The summed E-state index contributed by atoms with van der Waals surface area (Å²) in [6.45, 7) is 3.25. The Bertz CT molecular complexity index is 503. The molecule has 0 atom stereocenters. The maximum absolute atomic E-state index is 11.1. The molecule has 0 aliphatic heterocycles. The van der Waals surface area contributed by atoms with Gasteiger partial charge in [-0.25, -0.2) is 0 Å². The third-order valence-corrected chi connectivity index (χ3v) is 2.20. The molecule has 1 aromatic carbocycles. The van der Waals surface area contributed by atoms with E-state index < -0.39 is 0 Å². The number of rotatable bonds is 2. The quantitative estimate of drug-likeness (QED) is 0.839. The van der Waals surface area contributed by atoms with E-state index in [0.29, 0.717) is 17.1 Å². The van der Waals surface area contributed by atoms with Crippen molar-refractivity contribution in [2.24, 2.45) is 0 Å². The first-order valence-corrected chi connectivity index (χ1v) is 4.98. The summed E-state index contributed by atoms with van der Waals surface area (Å²) in [6, 6.07) is 9.55. The third kappa shape index (κ3) is 1.95. The van der Waals surface area contributed by atoms with E-state index in [4.69, 9.17) is 4.52 Å². The van der Waals surface area contributed by atoms with Crippen LogP contribution in [0.4, 0.5) is 5.69 Å². The summed E-state index contributed by atoms with van der Waals surface area (Å²) in [6.07, 6.45) is 0. The first-order chi connectivity index (χ1) is 7.68. The molecule has 4 heteroatoms. The lowest BCUT2D eigenvalue weighted by atomic mass is 10.1. The van der Waals surface area contributed by atoms with Gasteiger partial charge in [0.05, 0.1) is 0 Å². The van der Waals surface area contributed by atoms with Gasteiger partial charge in [-0.1, -0.05) is 35.5 Å². The lowest BCUT2D eigenvalue weighted by Crippen LogP contribution is -2.06. The normalized spacial score (nSPS) is 10.1. The monoisotopic (exact) mass is 216 g/mol. The van der Waals surface area contributed by atoms with E-state index in [-0.39, 0.29) is 5.91 Å². The molecule has 0 aliphatic carbocycles. The van der Waals surface area contributed by atoms with Crippen LogP contribution in [0.1, 0.15) is 12.6 Å². The second kappa shape index (κ2) is 4.18. The lowest BCUT2D eigenvalue weighted by molar-refractivity contribution is -0.114. The smallest absolute Gasteiger partial charge is 0.221 e. The van der Waals surface area contributed by atoms with Crippen molar-refractivity contribution in [3.05, 3.63) is 36.0 Å². The van der Waals surface area contributed by atoms with Gasteiger partial charge in [-0.2, -0.15) is 0 Å². The molecule has 1 aromatic heterocycles. The molecule has 82 valence electrons. The summed E-state index contributed by atoms with van der Waals surface area (Å²) >= 11 is 0. The number of aryl methyl sites for hydroxylation is 1. The second-order valence-electron chi connectivity index (χ2n) is 3.52. The maximum atomic E-state index is 11.1. The summed E-state index contributed by atoms with van der Waals surface area (Å²) in [4.78, 5) is 11.1. The van der Waals surface area contributed by atoms with Crippen molar-refractivity contribution < 1.29 is 9.32 Å². The van der Waals surface area contributed by atoms with E-state index >= 15 is 0 Å². The van der Waals surface area contributed by atoms with Crippen LogP contribution in [0.2, 0.25) is 0 Å². The van der Waals surface area contributed by atoms with E-state index in [1.165, 1.54) is 6.92 Å². The van der Waals surface area contributed by atoms with E-state index in [9.17, 15) is 4.79 Å². The molecule has 0 radical (unpaired) electrons. The van der Waals surface area contributed by atoms with Gasteiger partial charge in [-0.15, -0.1) is 0 Å². The average molecular weight is 216 g/mol. The number of carbonyl (C=O) groups is 1. The molecule has 0 fully saturated rings. The van der Waals surface area contributed by atoms with Crippen molar-refractivity contribution in [1.82, 2.24) is 5.16 Å². The summed E-state index contributed by atoms with van der Waals surface area (Å²) in [5.74, 6) is 0.455. The molecule has 0 spiro atoms. The fourth-order valence-electron chi connectivity index (χ4n) is 1.48. The SMILES string of the molecule is CC(=O)Nc1c(C)noc1-c1ccccc1. The number of nitrogens with zero attached hydrogens (tertiary/aromatic N) is 1. The van der Waals surface area contributed by atoms with Crippen LogP contribution in [0.15, 0.2) is 34.9 Å². The fourth-order valence-corrected chi connectivity index (χ4v) is 1.48. The molecule has 0 saturated carbocycles. The molecular formula is C12H12N2O2. The average Bonchev–Trinajstić information content (AvgIpc) is 2.61. The Kier molecular flexibility index (Phi) is 2.72. The number of carbonyl (C=O) groups excluding carboxylic acids is 1. The first-order valence-electron chi connectivity index (χ1n) is 4.98. The first kappa shape index (κ1) is 10.4. The highest BCUT2D eigenvalue weighted by Gasteiger charge is 2.15. The van der Waals surface area contributed by atoms with Gasteiger partial charge < -0.3 is 9.84 Å². The predicted molar refractivity (Wildman–Crippen MR) is 61.0 cm³/mol. The summed E-state index contributed by atoms with van der Waals surface area (Å²) in [7, 11) is 0. The van der Waals surface area contributed by atoms with Crippen LogP contribution >= 0.6 is 0 Å². The van der Waals surface area contributed by atoms with Crippen LogP contribution in [0.3, 0.4) is 0 Å². The Hall–Kier alpha value is -2.10. The molecule has 1 amide bonds. The van der Waals surface area contributed by atoms with Crippen molar-refractivity contribution in [2.75, 3.05) is 5.32 Å². The number of hydrogen-bond acceptors (Lipinski definition) is 3. The van der Waals surface area contributed by atoms with Crippen LogP contribution in [-0.4, -0.2) is 11.1 Å². The zero-order valence-electron chi connectivity index (χ0n) is 9.15. The van der Waals surface area contributed by atoms with Gasteiger partial charge in [-0.05, 0) is 6.92 Å². The molecule has 0 bridgehead atoms. The van der Waals surface area contributed by atoms with E-state index in [2.05, 4.69) is 10.5 Å². The number of nitrogens with one attached hydrogen (secondary N) is 1. The number of aromatic nitrogens is 1. The van der Waals surface area contributed by atoms with Crippen LogP contribution in [-0.2, 0) is 4.79 Å². The molecule has 16 heavy (non-hydrogen) atoms. The molecule has 4 nitrogen and oxygen atoms in total. The standard InChI is InChI=1S/C12H12N2O2/c1-8-11(13-9(2)15)12(16-14-8)10-6-4-3-5-7-10/h3-7H,1-2H3,(H,13,15). The lowest BCUT2D eigenvalue weighted by Gasteiger charge is -2.02. The van der Waals surface area contributed by atoms with E-state index in [0.717, 1.165) is 5.56 Å². The van der Waals surface area contributed by atoms with Crippen molar-refractivity contribution >= 4 is 11.6 Å². The minimum absolute atomic E-state index is 0.136. The molecule has 1 N–H and O–H groups in total. The van der Waals surface area contributed by atoms with Crippen LogP contribution in [0.25, 0.3) is 11.3 Å². The molecule has 0 aliphatic rings. The Balaban J connectivity index is 2.46. The highest BCUT2D eigenvalue weighted by molar-refractivity contribution is 5.93. The van der Waals surface area contributed by atoms with Gasteiger partial charge in [0.1, 0.15) is 11.4 Å². The minimum Gasteiger partial charge on any atom is -0.354 e. The van der Waals surface area contributed by atoms with Crippen LogP contribution < -0.4 is 5.32 Å². The molecule has 2 rings (SSSR count). The number of benzene rings is 1. The number of hydrogen-bond donors (Lipinski definition) is 1. The summed E-state index contributed by atoms with van der Waals surface area (Å²) in [5.41, 5.74) is 2.21. The Morgan fingerprint density at radius 1 is 1.31 bits per heavy atom. The van der Waals surface area contributed by atoms with Crippen molar-refractivity contribution in [2.45, 2.75) is 13.8 Å². The van der Waals surface area contributed by atoms with E-state index in [1.807, 2.05) is 30.3 Å². The van der Waals surface area contributed by atoms with Crippen LogP contribution in [0.5, 0.6) is 0 Å². The molecule has 2 aromatic rings. The summed E-state index contributed by atoms with van der Waals surface area (Å²) < 4.78 is 5.22. The van der Waals surface area contributed by atoms with Gasteiger partial charge in [0.2, 0.25) is 5.91 Å². The Morgan fingerprint density at radius 3 is 2.62 bits per heavy atom. The molecule has 0 unspecified atom stereocenters. The highest BCUT2D eigenvalue weighted by Crippen LogP contribution is 2.30. The van der Waals surface area contributed by atoms with E-state index in [1.54, 1.807) is 6.92 Å².